The van der Waals surface area contributed by atoms with Crippen LogP contribution < -0.4 is 5.32 Å². The van der Waals surface area contributed by atoms with E-state index in [9.17, 15) is 14.0 Å². The lowest BCUT2D eigenvalue weighted by Gasteiger charge is -2.33. The number of hydrogen-bond donors (Lipinski definition) is 1. The van der Waals surface area contributed by atoms with Crippen molar-refractivity contribution < 1.29 is 23.5 Å². The van der Waals surface area contributed by atoms with Crippen molar-refractivity contribution in [2.45, 2.75) is 51.4 Å². The lowest BCUT2D eigenvalue weighted by atomic mass is 9.74. The first-order valence-electron chi connectivity index (χ1n) is 9.40. The Morgan fingerprint density at radius 2 is 1.55 bits per heavy atom. The van der Waals surface area contributed by atoms with E-state index in [0.717, 1.165) is 4.47 Å². The number of carbonyl (C=O) groups excluding carboxylic acids is 2. The van der Waals surface area contributed by atoms with Gasteiger partial charge in [-0.1, -0.05) is 28.1 Å². The maximum atomic E-state index is 14.2. The third-order valence-corrected chi connectivity index (χ3v) is 5.20. The monoisotopic (exact) mass is 463 g/mol. The van der Waals surface area contributed by atoms with Gasteiger partial charge in [0.2, 0.25) is 5.41 Å². The molecule has 0 saturated heterocycles. The van der Waals surface area contributed by atoms with Crippen LogP contribution >= 0.6 is 15.9 Å². The van der Waals surface area contributed by atoms with E-state index in [2.05, 4.69) is 21.2 Å². The van der Waals surface area contributed by atoms with Crippen molar-refractivity contribution in [3.63, 3.8) is 0 Å². The van der Waals surface area contributed by atoms with Gasteiger partial charge in [-0.25, -0.2) is 4.39 Å². The third-order valence-electron chi connectivity index (χ3n) is 4.67. The van der Waals surface area contributed by atoms with Crippen LogP contribution in [0.3, 0.4) is 0 Å². The number of carbonyl (C=O) groups is 2. The highest BCUT2D eigenvalue weighted by atomic mass is 79.9. The molecule has 5 nitrogen and oxygen atoms in total. The van der Waals surface area contributed by atoms with Crippen molar-refractivity contribution in [2.24, 2.45) is 0 Å². The van der Waals surface area contributed by atoms with Gasteiger partial charge in [0, 0.05) is 15.7 Å². The maximum absolute atomic E-state index is 14.2. The molecule has 0 spiro atoms. The molecular formula is C22H23BrFNO4. The van der Waals surface area contributed by atoms with E-state index in [1.807, 2.05) is 12.1 Å². The van der Waals surface area contributed by atoms with E-state index in [4.69, 9.17) is 9.47 Å². The summed E-state index contributed by atoms with van der Waals surface area (Å²) < 4.78 is 26.1. The summed E-state index contributed by atoms with van der Waals surface area (Å²) in [5.74, 6) is -2.10. The Kier molecular flexibility index (Phi) is 5.98. The van der Waals surface area contributed by atoms with Crippen LogP contribution in [0.5, 0.6) is 0 Å². The molecule has 2 aromatic carbocycles. The standard InChI is InChI=1S/C22H23BrFNO4/c1-12(2)28-20(26)22(21(27)29-13(3)4)17-11-16(24)9-10-18(17)25-19(22)14-5-7-15(23)8-6-14/h5-13,19,25H,1-4H3/t19-/m1/s1. The van der Waals surface area contributed by atoms with Crippen LogP contribution in [0.25, 0.3) is 0 Å². The van der Waals surface area contributed by atoms with E-state index in [-0.39, 0.29) is 5.56 Å². The zero-order valence-corrected chi connectivity index (χ0v) is 18.2. The highest BCUT2D eigenvalue weighted by Gasteiger charge is 2.62. The maximum Gasteiger partial charge on any atom is 0.330 e. The minimum atomic E-state index is -1.88. The van der Waals surface area contributed by atoms with Gasteiger partial charge in [-0.15, -0.1) is 0 Å². The molecule has 0 fully saturated rings. The molecule has 1 heterocycles. The Morgan fingerprint density at radius 1 is 1.00 bits per heavy atom. The van der Waals surface area contributed by atoms with Crippen LogP contribution in [0.15, 0.2) is 46.9 Å². The molecule has 0 aliphatic carbocycles. The molecule has 1 atom stereocenters. The van der Waals surface area contributed by atoms with E-state index < -0.39 is 41.4 Å². The number of nitrogens with one attached hydrogen (secondary N) is 1. The zero-order chi connectivity index (χ0) is 21.3. The van der Waals surface area contributed by atoms with Crippen LogP contribution in [0, 0.1) is 5.82 Å². The summed E-state index contributed by atoms with van der Waals surface area (Å²) in [5, 5.41) is 3.21. The van der Waals surface area contributed by atoms with Crippen molar-refractivity contribution in [1.82, 2.24) is 0 Å². The summed E-state index contributed by atoms with van der Waals surface area (Å²) in [6.45, 7) is 6.79. The van der Waals surface area contributed by atoms with E-state index >= 15 is 0 Å². The highest BCUT2D eigenvalue weighted by molar-refractivity contribution is 9.10. The van der Waals surface area contributed by atoms with Crippen molar-refractivity contribution in [2.75, 3.05) is 5.32 Å². The van der Waals surface area contributed by atoms with Gasteiger partial charge in [0.15, 0.2) is 0 Å². The molecule has 0 aromatic heterocycles. The molecule has 2 aromatic rings. The molecule has 29 heavy (non-hydrogen) atoms. The number of ether oxygens (including phenoxy) is 2. The average Bonchev–Trinajstić information content (AvgIpc) is 2.96. The lowest BCUT2D eigenvalue weighted by molar-refractivity contribution is -0.170. The highest BCUT2D eigenvalue weighted by Crippen LogP contribution is 2.51. The molecule has 3 rings (SSSR count). The Balaban J connectivity index is 2.27. The molecule has 1 N–H and O–H groups in total. The van der Waals surface area contributed by atoms with Crippen molar-refractivity contribution in [3.8, 4) is 0 Å². The molecule has 7 heteroatoms. The van der Waals surface area contributed by atoms with E-state index in [0.29, 0.717) is 11.3 Å². The predicted octanol–water partition coefficient (Wildman–Crippen LogP) is 4.90. The van der Waals surface area contributed by atoms with Gasteiger partial charge in [0.05, 0.1) is 18.2 Å². The smallest absolute Gasteiger partial charge is 0.330 e. The van der Waals surface area contributed by atoms with E-state index in [1.54, 1.807) is 39.8 Å². The number of hydrogen-bond acceptors (Lipinski definition) is 5. The van der Waals surface area contributed by atoms with Gasteiger partial charge in [-0.05, 0) is 63.6 Å². The summed E-state index contributed by atoms with van der Waals surface area (Å²) in [6, 6.07) is 10.4. The second-order valence-electron chi connectivity index (χ2n) is 7.53. The summed E-state index contributed by atoms with van der Waals surface area (Å²) in [6.07, 6.45) is -0.927. The summed E-state index contributed by atoms with van der Waals surface area (Å²) in [5.41, 5.74) is -0.506. The molecule has 0 radical (unpaired) electrons. The number of halogens is 2. The van der Waals surface area contributed by atoms with Crippen LogP contribution in [-0.4, -0.2) is 24.1 Å². The molecule has 0 bridgehead atoms. The molecule has 1 aliphatic rings. The van der Waals surface area contributed by atoms with Crippen LogP contribution in [0.1, 0.15) is 44.9 Å². The minimum Gasteiger partial charge on any atom is -0.462 e. The molecule has 154 valence electrons. The number of benzene rings is 2. The van der Waals surface area contributed by atoms with Gasteiger partial charge < -0.3 is 14.8 Å². The van der Waals surface area contributed by atoms with Crippen LogP contribution in [0.4, 0.5) is 10.1 Å². The van der Waals surface area contributed by atoms with Gasteiger partial charge in [-0.3, -0.25) is 9.59 Å². The fourth-order valence-corrected chi connectivity index (χ4v) is 3.79. The molecule has 1 aliphatic heterocycles. The quantitative estimate of drug-likeness (QED) is 0.504. The average molecular weight is 464 g/mol. The Morgan fingerprint density at radius 3 is 2.07 bits per heavy atom. The van der Waals surface area contributed by atoms with E-state index in [1.165, 1.54) is 18.2 Å². The Labute approximate surface area is 177 Å². The predicted molar refractivity (Wildman–Crippen MR) is 111 cm³/mol. The second-order valence-corrected chi connectivity index (χ2v) is 8.45. The first-order valence-corrected chi connectivity index (χ1v) is 10.2. The van der Waals surface area contributed by atoms with Crippen molar-refractivity contribution in [3.05, 3.63) is 63.9 Å². The van der Waals surface area contributed by atoms with Crippen molar-refractivity contribution >= 4 is 33.6 Å². The SMILES string of the molecule is CC(C)OC(=O)C1(C(=O)OC(C)C)c2cc(F)ccc2N[C@@H]1c1ccc(Br)cc1. The normalized spacial score (nSPS) is 17.0. The Bertz CT molecular complexity index is 905. The zero-order valence-electron chi connectivity index (χ0n) is 16.7. The fourth-order valence-electron chi connectivity index (χ4n) is 3.53. The summed E-state index contributed by atoms with van der Waals surface area (Å²) in [7, 11) is 0. The van der Waals surface area contributed by atoms with Gasteiger partial charge in [-0.2, -0.15) is 0 Å². The minimum absolute atomic E-state index is 0.210. The van der Waals surface area contributed by atoms with Crippen molar-refractivity contribution in [1.29, 1.82) is 0 Å². The van der Waals surface area contributed by atoms with Gasteiger partial charge >= 0.3 is 11.9 Å². The molecule has 0 saturated carbocycles. The number of fused-ring (bicyclic) bond motifs is 1. The molecular weight excluding hydrogens is 441 g/mol. The third kappa shape index (κ3) is 3.88. The van der Waals surface area contributed by atoms with Gasteiger partial charge in [0.1, 0.15) is 5.82 Å². The summed E-state index contributed by atoms with van der Waals surface area (Å²) >= 11 is 3.39. The molecule has 0 amide bonds. The lowest BCUT2D eigenvalue weighted by Crippen LogP contribution is -2.50. The largest absolute Gasteiger partial charge is 0.462 e. The first kappa shape index (κ1) is 21.3. The summed E-state index contributed by atoms with van der Waals surface area (Å²) in [4.78, 5) is 26.9. The Hall–Kier alpha value is -2.41. The second kappa shape index (κ2) is 8.14. The number of rotatable bonds is 5. The van der Waals surface area contributed by atoms with Crippen LogP contribution in [-0.2, 0) is 24.5 Å². The fraction of sp³-hybridized carbons (Fsp3) is 0.364. The van der Waals surface area contributed by atoms with Gasteiger partial charge in [0.25, 0.3) is 0 Å². The topological polar surface area (TPSA) is 64.6 Å². The molecule has 0 unspecified atom stereocenters. The number of anilines is 1. The number of esters is 2. The van der Waals surface area contributed by atoms with Crippen LogP contribution in [0.2, 0.25) is 0 Å². The first-order chi connectivity index (χ1) is 13.7.